The molecule has 1 saturated heterocycles. The molecule has 2 heterocycles. The fraction of sp³-hybridized carbons (Fsp3) is 0.423. The maximum atomic E-state index is 12.8. The van der Waals surface area contributed by atoms with Gasteiger partial charge in [-0.1, -0.05) is 42.5 Å². The van der Waals surface area contributed by atoms with Crippen LogP contribution in [0.5, 0.6) is 5.75 Å². The van der Waals surface area contributed by atoms with E-state index in [1.165, 1.54) is 17.1 Å². The Morgan fingerprint density at radius 2 is 1.91 bits per heavy atom. The normalized spacial score (nSPS) is 15.3. The molecule has 1 aromatic heterocycles. The summed E-state index contributed by atoms with van der Waals surface area (Å²) in [6, 6.07) is 18.6. The molecule has 1 aliphatic rings. The standard InChI is InChI=1S/C26H32N4O2S/c1-19(11-12-20-7-4-3-5-8-20)27-25(31)22-13-15-30(16-14-22)26-28-24(29-33-26)18-21-9-6-10-23(17-21)32-2/h3-10,17,19,22H,11-16,18H2,1-2H3,(H,27,31). The average Bonchev–Trinajstić information content (AvgIpc) is 3.32. The average molecular weight is 465 g/mol. The first-order valence-corrected chi connectivity index (χ1v) is 12.4. The number of hydrogen-bond donors (Lipinski definition) is 1. The molecule has 0 radical (unpaired) electrons. The maximum Gasteiger partial charge on any atom is 0.223 e. The molecule has 6 nitrogen and oxygen atoms in total. The van der Waals surface area contributed by atoms with Crippen LogP contribution in [-0.2, 0) is 17.6 Å². The first kappa shape index (κ1) is 23.2. The minimum atomic E-state index is 0.0737. The smallest absolute Gasteiger partial charge is 0.223 e. The third-order valence-electron chi connectivity index (χ3n) is 6.19. The van der Waals surface area contributed by atoms with E-state index in [0.29, 0.717) is 6.42 Å². The topological polar surface area (TPSA) is 67.3 Å². The minimum Gasteiger partial charge on any atom is -0.497 e. The van der Waals surface area contributed by atoms with Crippen molar-refractivity contribution < 1.29 is 9.53 Å². The molecular formula is C26H32N4O2S. The molecule has 2 aromatic carbocycles. The molecule has 0 bridgehead atoms. The second-order valence-electron chi connectivity index (χ2n) is 8.72. The Morgan fingerprint density at radius 1 is 1.15 bits per heavy atom. The van der Waals surface area contributed by atoms with Gasteiger partial charge in [-0.3, -0.25) is 4.79 Å². The zero-order valence-corrected chi connectivity index (χ0v) is 20.2. The van der Waals surface area contributed by atoms with Gasteiger partial charge in [0.25, 0.3) is 0 Å². The van der Waals surface area contributed by atoms with Crippen LogP contribution in [0.1, 0.15) is 43.1 Å². The van der Waals surface area contributed by atoms with Crippen molar-refractivity contribution >= 4 is 22.6 Å². The van der Waals surface area contributed by atoms with Gasteiger partial charge in [-0.05, 0) is 55.9 Å². The molecule has 33 heavy (non-hydrogen) atoms. The Balaban J connectivity index is 1.22. The van der Waals surface area contributed by atoms with Gasteiger partial charge in [-0.25, -0.2) is 4.98 Å². The fourth-order valence-electron chi connectivity index (χ4n) is 4.20. The van der Waals surface area contributed by atoms with Crippen molar-refractivity contribution in [1.82, 2.24) is 14.7 Å². The van der Waals surface area contributed by atoms with Gasteiger partial charge in [-0.2, -0.15) is 4.37 Å². The fourth-order valence-corrected chi connectivity index (χ4v) is 4.94. The lowest BCUT2D eigenvalue weighted by molar-refractivity contribution is -0.126. The Morgan fingerprint density at radius 3 is 2.67 bits per heavy atom. The maximum absolute atomic E-state index is 12.8. The molecule has 7 heteroatoms. The van der Waals surface area contributed by atoms with Crippen molar-refractivity contribution in [3.05, 3.63) is 71.5 Å². The molecule has 0 spiro atoms. The number of rotatable bonds is 9. The van der Waals surface area contributed by atoms with Gasteiger partial charge >= 0.3 is 0 Å². The van der Waals surface area contributed by atoms with Gasteiger partial charge in [0.1, 0.15) is 11.6 Å². The van der Waals surface area contributed by atoms with Crippen LogP contribution in [0.2, 0.25) is 0 Å². The van der Waals surface area contributed by atoms with Gasteiger partial charge < -0.3 is 15.0 Å². The summed E-state index contributed by atoms with van der Waals surface area (Å²) in [6.07, 6.45) is 4.32. The van der Waals surface area contributed by atoms with Crippen molar-refractivity contribution in [3.63, 3.8) is 0 Å². The van der Waals surface area contributed by atoms with E-state index in [1.807, 2.05) is 24.3 Å². The lowest BCUT2D eigenvalue weighted by Crippen LogP contribution is -2.43. The van der Waals surface area contributed by atoms with E-state index in [2.05, 4.69) is 51.8 Å². The van der Waals surface area contributed by atoms with Crippen molar-refractivity contribution in [2.24, 2.45) is 5.92 Å². The molecule has 1 N–H and O–H groups in total. The van der Waals surface area contributed by atoms with Crippen LogP contribution >= 0.6 is 11.5 Å². The third-order valence-corrected chi connectivity index (χ3v) is 7.00. The van der Waals surface area contributed by atoms with Crippen LogP contribution < -0.4 is 15.0 Å². The highest BCUT2D eigenvalue weighted by Gasteiger charge is 2.27. The number of aromatic nitrogens is 2. The first-order valence-electron chi connectivity index (χ1n) is 11.7. The van der Waals surface area contributed by atoms with E-state index < -0.39 is 0 Å². The van der Waals surface area contributed by atoms with E-state index in [0.717, 1.165) is 61.0 Å². The molecule has 1 aliphatic heterocycles. The second kappa shape index (κ2) is 11.3. The summed E-state index contributed by atoms with van der Waals surface area (Å²) in [5, 5.41) is 4.17. The SMILES string of the molecule is COc1cccc(Cc2nsc(N3CCC(C(=O)NC(C)CCc4ccccc4)CC3)n2)c1. The lowest BCUT2D eigenvalue weighted by atomic mass is 9.95. The monoisotopic (exact) mass is 464 g/mol. The van der Waals surface area contributed by atoms with Gasteiger partial charge in [-0.15, -0.1) is 0 Å². The number of amides is 1. The van der Waals surface area contributed by atoms with Crippen molar-refractivity contribution in [1.29, 1.82) is 0 Å². The van der Waals surface area contributed by atoms with Crippen LogP contribution in [0, 0.1) is 5.92 Å². The number of nitrogens with one attached hydrogen (secondary N) is 1. The predicted octanol–water partition coefficient (Wildman–Crippen LogP) is 4.49. The number of piperidine rings is 1. The third kappa shape index (κ3) is 6.54. The summed E-state index contributed by atoms with van der Waals surface area (Å²) in [5.74, 6) is 1.93. The van der Waals surface area contributed by atoms with Gasteiger partial charge in [0, 0.05) is 43.0 Å². The lowest BCUT2D eigenvalue weighted by Gasteiger charge is -2.31. The number of anilines is 1. The second-order valence-corrected chi connectivity index (χ2v) is 9.45. The van der Waals surface area contributed by atoms with E-state index >= 15 is 0 Å². The molecule has 4 rings (SSSR count). The number of carbonyl (C=O) groups excluding carboxylic acids is 1. The molecule has 1 atom stereocenters. The summed E-state index contributed by atoms with van der Waals surface area (Å²) >= 11 is 1.44. The number of nitrogens with zero attached hydrogens (tertiary/aromatic N) is 3. The van der Waals surface area contributed by atoms with Crippen LogP contribution in [0.15, 0.2) is 54.6 Å². The Labute approximate surface area is 200 Å². The molecular weight excluding hydrogens is 432 g/mol. The van der Waals surface area contributed by atoms with Crippen molar-refractivity contribution in [2.75, 3.05) is 25.1 Å². The van der Waals surface area contributed by atoms with E-state index in [9.17, 15) is 4.79 Å². The van der Waals surface area contributed by atoms with E-state index in [-0.39, 0.29) is 17.9 Å². The Bertz CT molecular complexity index is 1030. The van der Waals surface area contributed by atoms with Crippen molar-refractivity contribution in [2.45, 2.75) is 45.1 Å². The quantitative estimate of drug-likeness (QED) is 0.505. The van der Waals surface area contributed by atoms with Gasteiger partial charge in [0.05, 0.1) is 7.11 Å². The largest absolute Gasteiger partial charge is 0.497 e. The summed E-state index contributed by atoms with van der Waals surface area (Å²) in [7, 11) is 1.67. The highest BCUT2D eigenvalue weighted by atomic mass is 32.1. The van der Waals surface area contributed by atoms with E-state index in [4.69, 9.17) is 9.72 Å². The van der Waals surface area contributed by atoms with Crippen LogP contribution in [0.4, 0.5) is 5.13 Å². The summed E-state index contributed by atoms with van der Waals surface area (Å²) in [6.45, 7) is 3.77. The number of methoxy groups -OCH3 is 1. The summed E-state index contributed by atoms with van der Waals surface area (Å²) in [4.78, 5) is 19.8. The molecule has 0 saturated carbocycles. The molecule has 3 aromatic rings. The number of carbonyl (C=O) groups is 1. The number of aryl methyl sites for hydroxylation is 1. The highest BCUT2D eigenvalue weighted by Crippen LogP contribution is 2.26. The van der Waals surface area contributed by atoms with Gasteiger partial charge in [0.2, 0.25) is 11.0 Å². The minimum absolute atomic E-state index is 0.0737. The summed E-state index contributed by atoms with van der Waals surface area (Å²) < 4.78 is 9.85. The molecule has 0 aliphatic carbocycles. The zero-order valence-electron chi connectivity index (χ0n) is 19.4. The molecule has 1 amide bonds. The summed E-state index contributed by atoms with van der Waals surface area (Å²) in [5.41, 5.74) is 2.45. The number of hydrogen-bond acceptors (Lipinski definition) is 6. The van der Waals surface area contributed by atoms with Crippen LogP contribution in [0.3, 0.4) is 0 Å². The van der Waals surface area contributed by atoms with Crippen molar-refractivity contribution in [3.8, 4) is 5.75 Å². The zero-order chi connectivity index (χ0) is 23.0. The first-order chi connectivity index (χ1) is 16.1. The van der Waals surface area contributed by atoms with Crippen LogP contribution in [0.25, 0.3) is 0 Å². The Kier molecular flexibility index (Phi) is 7.94. The predicted molar refractivity (Wildman–Crippen MR) is 133 cm³/mol. The Hall–Kier alpha value is -2.93. The molecule has 1 unspecified atom stereocenters. The molecule has 174 valence electrons. The van der Waals surface area contributed by atoms with E-state index in [1.54, 1.807) is 7.11 Å². The van der Waals surface area contributed by atoms with Crippen LogP contribution in [-0.4, -0.2) is 41.5 Å². The number of benzene rings is 2. The van der Waals surface area contributed by atoms with Gasteiger partial charge in [0.15, 0.2) is 0 Å². The molecule has 1 fully saturated rings. The highest BCUT2D eigenvalue weighted by molar-refractivity contribution is 7.09. The number of ether oxygens (including phenoxy) is 1.